The summed E-state index contributed by atoms with van der Waals surface area (Å²) in [7, 11) is -3.19. The van der Waals surface area contributed by atoms with Gasteiger partial charge in [-0.3, -0.25) is 10.1 Å². The molecule has 0 aromatic heterocycles. The monoisotopic (exact) mass is 403 g/mol. The van der Waals surface area contributed by atoms with Crippen LogP contribution in [0.4, 0.5) is 17.1 Å². The fourth-order valence-electron chi connectivity index (χ4n) is 3.82. The van der Waals surface area contributed by atoms with Crippen LogP contribution < -0.4 is 9.80 Å². The van der Waals surface area contributed by atoms with E-state index >= 15 is 0 Å². The van der Waals surface area contributed by atoms with Crippen molar-refractivity contribution in [3.05, 3.63) is 64.2 Å². The number of nitro groups is 1. The van der Waals surface area contributed by atoms with Gasteiger partial charge in [-0.05, 0) is 49.0 Å². The summed E-state index contributed by atoms with van der Waals surface area (Å²) in [6.07, 6.45) is 0. The Labute approximate surface area is 162 Å². The van der Waals surface area contributed by atoms with Crippen LogP contribution in [0.3, 0.4) is 0 Å². The van der Waals surface area contributed by atoms with Gasteiger partial charge in [-0.25, -0.2) is 8.42 Å². The molecule has 0 spiro atoms. The van der Waals surface area contributed by atoms with Crippen molar-refractivity contribution in [3.8, 4) is 0 Å². The van der Waals surface area contributed by atoms with Crippen molar-refractivity contribution < 1.29 is 13.3 Å². The van der Waals surface area contributed by atoms with Crippen molar-refractivity contribution in [2.45, 2.75) is 19.0 Å². The van der Waals surface area contributed by atoms with Gasteiger partial charge in [-0.1, -0.05) is 12.1 Å². The predicted molar refractivity (Wildman–Crippen MR) is 108 cm³/mol. The maximum atomic E-state index is 12.3. The van der Waals surface area contributed by atoms with Crippen molar-refractivity contribution in [2.24, 2.45) is 0 Å². The van der Waals surface area contributed by atoms with Crippen LogP contribution in [0.1, 0.15) is 5.56 Å². The maximum Gasteiger partial charge on any atom is 0.269 e. The van der Waals surface area contributed by atoms with E-state index in [2.05, 4.69) is 0 Å². The Kier molecular flexibility index (Phi) is 4.15. The molecule has 2 aromatic carbocycles. The van der Waals surface area contributed by atoms with E-state index in [9.17, 15) is 18.5 Å². The average Bonchev–Trinajstić information content (AvgIpc) is 3.03. The largest absolute Gasteiger partial charge is 0.312 e. The zero-order chi connectivity index (χ0) is 19.3. The molecule has 2 aliphatic rings. The van der Waals surface area contributed by atoms with E-state index in [1.54, 1.807) is 12.1 Å². The Bertz CT molecular complexity index is 1040. The summed E-state index contributed by atoms with van der Waals surface area (Å²) in [6.45, 7) is 1.97. The number of nitro benzene ring substituents is 1. The molecule has 140 valence electrons. The van der Waals surface area contributed by atoms with E-state index in [4.69, 9.17) is 12.2 Å². The molecule has 9 heteroatoms. The lowest BCUT2D eigenvalue weighted by molar-refractivity contribution is -0.384. The van der Waals surface area contributed by atoms with Crippen molar-refractivity contribution >= 4 is 44.2 Å². The highest BCUT2D eigenvalue weighted by Crippen LogP contribution is 2.38. The van der Waals surface area contributed by atoms with Crippen LogP contribution in [0.15, 0.2) is 48.5 Å². The molecule has 2 aromatic rings. The first-order valence-corrected chi connectivity index (χ1v) is 10.6. The molecule has 7 nitrogen and oxygen atoms in total. The fraction of sp³-hybridized carbons (Fsp3) is 0.278. The zero-order valence-corrected chi connectivity index (χ0v) is 16.1. The zero-order valence-electron chi connectivity index (χ0n) is 14.5. The van der Waals surface area contributed by atoms with Gasteiger partial charge in [0.25, 0.3) is 5.69 Å². The molecule has 0 N–H and O–H groups in total. The van der Waals surface area contributed by atoms with Gasteiger partial charge in [0.2, 0.25) is 0 Å². The number of benzene rings is 2. The Hall–Kier alpha value is -2.52. The van der Waals surface area contributed by atoms with Gasteiger partial charge < -0.3 is 9.80 Å². The first kappa shape index (κ1) is 17.9. The van der Waals surface area contributed by atoms with Crippen molar-refractivity contribution in [3.63, 3.8) is 0 Å². The van der Waals surface area contributed by atoms with Gasteiger partial charge in [-0.15, -0.1) is 0 Å². The van der Waals surface area contributed by atoms with Gasteiger partial charge in [0, 0.05) is 23.5 Å². The van der Waals surface area contributed by atoms with Gasteiger partial charge in [-0.2, -0.15) is 0 Å². The lowest BCUT2D eigenvalue weighted by Gasteiger charge is -2.26. The van der Waals surface area contributed by atoms with E-state index in [0.717, 1.165) is 11.3 Å². The van der Waals surface area contributed by atoms with Crippen LogP contribution >= 0.6 is 12.2 Å². The maximum absolute atomic E-state index is 12.3. The smallest absolute Gasteiger partial charge is 0.269 e. The number of sulfone groups is 1. The Morgan fingerprint density at radius 3 is 2.19 bits per heavy atom. The summed E-state index contributed by atoms with van der Waals surface area (Å²) < 4.78 is 24.7. The molecule has 2 unspecified atom stereocenters. The standard InChI is InChI=1S/C18H17N3O4S2/c1-12-3-2-4-15(9-12)20-17-11-27(24,25)10-16(17)19(18(20)26)13-5-7-14(8-6-13)21(22)23/h2-9,16-17H,10-11H2,1H3. The summed E-state index contributed by atoms with van der Waals surface area (Å²) >= 11 is 5.71. The highest BCUT2D eigenvalue weighted by molar-refractivity contribution is 7.91. The van der Waals surface area contributed by atoms with E-state index in [1.165, 1.54) is 12.1 Å². The molecule has 0 amide bonds. The highest BCUT2D eigenvalue weighted by atomic mass is 32.2. The molecule has 4 rings (SSSR count). The van der Waals surface area contributed by atoms with Gasteiger partial charge in [0.1, 0.15) is 0 Å². The van der Waals surface area contributed by atoms with E-state index in [0.29, 0.717) is 10.8 Å². The third kappa shape index (κ3) is 3.06. The predicted octanol–water partition coefficient (Wildman–Crippen LogP) is 2.68. The van der Waals surface area contributed by atoms with E-state index in [1.807, 2.05) is 41.0 Å². The van der Waals surface area contributed by atoms with Gasteiger partial charge in [0.05, 0.1) is 28.5 Å². The Balaban J connectivity index is 1.78. The molecule has 2 aliphatic heterocycles. The second kappa shape index (κ2) is 6.28. The van der Waals surface area contributed by atoms with Crippen LogP contribution in [0.2, 0.25) is 0 Å². The lowest BCUT2D eigenvalue weighted by atomic mass is 10.1. The van der Waals surface area contributed by atoms with Crippen LogP contribution in [-0.4, -0.2) is 42.0 Å². The topological polar surface area (TPSA) is 83.8 Å². The lowest BCUT2D eigenvalue weighted by Crippen LogP contribution is -2.37. The number of non-ortho nitro benzene ring substituents is 1. The van der Waals surface area contributed by atoms with Crippen molar-refractivity contribution in [1.29, 1.82) is 0 Å². The summed E-state index contributed by atoms with van der Waals surface area (Å²) in [6, 6.07) is 13.2. The summed E-state index contributed by atoms with van der Waals surface area (Å²) in [5.41, 5.74) is 2.56. The molecular formula is C18H17N3O4S2. The molecule has 2 atom stereocenters. The van der Waals surface area contributed by atoms with Gasteiger partial charge in [0.15, 0.2) is 14.9 Å². The molecular weight excluding hydrogens is 386 g/mol. The highest BCUT2D eigenvalue weighted by Gasteiger charge is 2.52. The molecule has 0 aliphatic carbocycles. The molecule has 2 heterocycles. The summed E-state index contributed by atoms with van der Waals surface area (Å²) in [5, 5.41) is 11.4. The Morgan fingerprint density at radius 1 is 1.04 bits per heavy atom. The summed E-state index contributed by atoms with van der Waals surface area (Å²) in [4.78, 5) is 14.2. The third-order valence-electron chi connectivity index (χ3n) is 4.99. The van der Waals surface area contributed by atoms with Crippen molar-refractivity contribution in [2.75, 3.05) is 21.3 Å². The first-order chi connectivity index (χ1) is 12.8. The normalized spacial score (nSPS) is 23.5. The number of rotatable bonds is 3. The SMILES string of the molecule is Cc1cccc(N2C(=S)N(c3ccc([N+](=O)[O-])cc3)C3CS(=O)(=O)CC32)c1. The number of aryl methyl sites for hydroxylation is 1. The number of hydrogen-bond acceptors (Lipinski definition) is 5. The number of nitrogens with zero attached hydrogens (tertiary/aromatic N) is 3. The molecule has 0 bridgehead atoms. The average molecular weight is 403 g/mol. The molecule has 0 saturated carbocycles. The second-order valence-electron chi connectivity index (χ2n) is 6.85. The quantitative estimate of drug-likeness (QED) is 0.443. The Morgan fingerprint density at radius 2 is 1.63 bits per heavy atom. The second-order valence-corrected chi connectivity index (χ2v) is 9.37. The molecule has 2 saturated heterocycles. The van der Waals surface area contributed by atoms with Crippen LogP contribution in [0.25, 0.3) is 0 Å². The number of thiocarbonyl (C=S) groups is 1. The number of hydrogen-bond donors (Lipinski definition) is 0. The van der Waals surface area contributed by atoms with E-state index in [-0.39, 0.29) is 29.3 Å². The first-order valence-electron chi connectivity index (χ1n) is 8.41. The molecule has 2 fully saturated rings. The number of anilines is 2. The van der Waals surface area contributed by atoms with Crippen molar-refractivity contribution in [1.82, 2.24) is 0 Å². The van der Waals surface area contributed by atoms with Crippen LogP contribution in [0.5, 0.6) is 0 Å². The van der Waals surface area contributed by atoms with E-state index < -0.39 is 14.8 Å². The number of fused-ring (bicyclic) bond motifs is 1. The molecule has 0 radical (unpaired) electrons. The van der Waals surface area contributed by atoms with Crippen LogP contribution in [-0.2, 0) is 9.84 Å². The third-order valence-corrected chi connectivity index (χ3v) is 7.08. The summed E-state index contributed by atoms with van der Waals surface area (Å²) in [5.74, 6) is 0.0480. The fourth-order valence-corrected chi connectivity index (χ4v) is 6.22. The molecule has 27 heavy (non-hydrogen) atoms. The minimum atomic E-state index is -3.19. The minimum absolute atomic E-state index is 0.0110. The minimum Gasteiger partial charge on any atom is -0.312 e. The van der Waals surface area contributed by atoms with Crippen LogP contribution in [0, 0.1) is 17.0 Å². The van der Waals surface area contributed by atoms with Gasteiger partial charge >= 0.3 is 0 Å².